The second kappa shape index (κ2) is 5.53. The summed E-state index contributed by atoms with van der Waals surface area (Å²) in [6.07, 6.45) is 3.98. The van der Waals surface area contributed by atoms with Crippen molar-refractivity contribution < 1.29 is 14.7 Å². The van der Waals surface area contributed by atoms with Crippen LogP contribution in [-0.4, -0.2) is 22.6 Å². The highest BCUT2D eigenvalue weighted by Crippen LogP contribution is 2.34. The molecule has 0 bridgehead atoms. The molecule has 0 aliphatic heterocycles. The lowest BCUT2D eigenvalue weighted by molar-refractivity contribution is 0.0697. The van der Waals surface area contributed by atoms with Gasteiger partial charge in [0, 0.05) is 5.54 Å². The minimum Gasteiger partial charge on any atom is -0.478 e. The van der Waals surface area contributed by atoms with Crippen LogP contribution in [0.4, 0.5) is 10.5 Å². The molecule has 2 amide bonds. The Morgan fingerprint density at radius 1 is 1.35 bits per heavy atom. The molecule has 0 radical (unpaired) electrons. The van der Waals surface area contributed by atoms with Crippen molar-refractivity contribution in [1.29, 1.82) is 0 Å². The normalized spacial score (nSPS) is 16.1. The van der Waals surface area contributed by atoms with Gasteiger partial charge in [0.1, 0.15) is 0 Å². The Hall–Kier alpha value is -2.04. The van der Waals surface area contributed by atoms with Gasteiger partial charge in [-0.25, -0.2) is 9.59 Å². The average Bonchev–Trinajstić information content (AvgIpc) is 2.33. The van der Waals surface area contributed by atoms with E-state index < -0.39 is 5.97 Å². The van der Waals surface area contributed by atoms with Crippen LogP contribution in [0.5, 0.6) is 0 Å². The van der Waals surface area contributed by atoms with Crippen molar-refractivity contribution in [2.24, 2.45) is 0 Å². The van der Waals surface area contributed by atoms with E-state index in [1.165, 1.54) is 0 Å². The number of aryl methyl sites for hydroxylation is 1. The smallest absolute Gasteiger partial charge is 0.338 e. The van der Waals surface area contributed by atoms with Crippen molar-refractivity contribution >= 4 is 17.7 Å². The van der Waals surface area contributed by atoms with Gasteiger partial charge < -0.3 is 15.7 Å². The van der Waals surface area contributed by atoms with E-state index in [4.69, 9.17) is 0 Å². The SMILES string of the molecule is CCC1(NC(=O)Nc2cccc(C)c2C(=O)O)CCC1. The van der Waals surface area contributed by atoms with Gasteiger partial charge in [-0.05, 0) is 44.2 Å². The molecule has 1 aromatic rings. The molecule has 1 fully saturated rings. The number of amides is 2. The minimum absolute atomic E-state index is 0.114. The molecular weight excluding hydrogens is 256 g/mol. The molecule has 1 saturated carbocycles. The second-order valence-corrected chi connectivity index (χ2v) is 5.37. The zero-order chi connectivity index (χ0) is 14.8. The Kier molecular flexibility index (Phi) is 3.97. The fourth-order valence-electron chi connectivity index (χ4n) is 2.62. The molecule has 2 rings (SSSR count). The molecule has 1 aliphatic carbocycles. The molecule has 1 aromatic carbocycles. The van der Waals surface area contributed by atoms with E-state index in [-0.39, 0.29) is 17.1 Å². The Morgan fingerprint density at radius 2 is 2.05 bits per heavy atom. The first kappa shape index (κ1) is 14.4. The van der Waals surface area contributed by atoms with E-state index in [0.717, 1.165) is 25.7 Å². The van der Waals surface area contributed by atoms with Gasteiger partial charge in [-0.15, -0.1) is 0 Å². The number of hydrogen-bond acceptors (Lipinski definition) is 2. The Balaban J connectivity index is 2.12. The fraction of sp³-hybridized carbons (Fsp3) is 0.467. The van der Waals surface area contributed by atoms with Crippen LogP contribution < -0.4 is 10.6 Å². The molecule has 5 nitrogen and oxygen atoms in total. The number of hydrogen-bond donors (Lipinski definition) is 3. The quantitative estimate of drug-likeness (QED) is 0.790. The first-order valence-electron chi connectivity index (χ1n) is 6.89. The third kappa shape index (κ3) is 2.76. The van der Waals surface area contributed by atoms with Crippen molar-refractivity contribution in [2.75, 3.05) is 5.32 Å². The minimum atomic E-state index is -1.03. The van der Waals surface area contributed by atoms with Crippen molar-refractivity contribution in [3.8, 4) is 0 Å². The third-order valence-corrected chi connectivity index (χ3v) is 4.10. The molecule has 0 aromatic heterocycles. The number of anilines is 1. The van der Waals surface area contributed by atoms with Crippen LogP contribution in [0, 0.1) is 6.92 Å². The molecule has 108 valence electrons. The van der Waals surface area contributed by atoms with Crippen LogP contribution in [0.1, 0.15) is 48.5 Å². The van der Waals surface area contributed by atoms with Gasteiger partial charge in [0.25, 0.3) is 0 Å². The summed E-state index contributed by atoms with van der Waals surface area (Å²) in [4.78, 5) is 23.3. The number of carbonyl (C=O) groups excluding carboxylic acids is 1. The van der Waals surface area contributed by atoms with Crippen LogP contribution in [-0.2, 0) is 0 Å². The number of carbonyl (C=O) groups is 2. The Morgan fingerprint density at radius 3 is 2.55 bits per heavy atom. The monoisotopic (exact) mass is 276 g/mol. The molecule has 0 spiro atoms. The summed E-state index contributed by atoms with van der Waals surface area (Å²) in [6.45, 7) is 3.76. The van der Waals surface area contributed by atoms with Gasteiger partial charge in [0.2, 0.25) is 0 Å². The van der Waals surface area contributed by atoms with E-state index in [2.05, 4.69) is 17.6 Å². The molecule has 0 saturated heterocycles. The van der Waals surface area contributed by atoms with E-state index >= 15 is 0 Å². The highest BCUT2D eigenvalue weighted by Gasteiger charge is 2.36. The maximum atomic E-state index is 12.1. The topological polar surface area (TPSA) is 78.4 Å². The molecule has 0 heterocycles. The number of urea groups is 1. The van der Waals surface area contributed by atoms with Crippen molar-refractivity contribution in [3.63, 3.8) is 0 Å². The molecule has 1 aliphatic rings. The number of rotatable bonds is 4. The Labute approximate surface area is 118 Å². The van der Waals surface area contributed by atoms with E-state index in [9.17, 15) is 14.7 Å². The van der Waals surface area contributed by atoms with Crippen molar-refractivity contribution in [3.05, 3.63) is 29.3 Å². The van der Waals surface area contributed by atoms with Crippen molar-refractivity contribution in [2.45, 2.75) is 45.1 Å². The number of benzene rings is 1. The second-order valence-electron chi connectivity index (χ2n) is 5.37. The van der Waals surface area contributed by atoms with Crippen LogP contribution in [0.25, 0.3) is 0 Å². The van der Waals surface area contributed by atoms with Crippen LogP contribution in [0.2, 0.25) is 0 Å². The van der Waals surface area contributed by atoms with Gasteiger partial charge in [-0.1, -0.05) is 19.1 Å². The maximum absolute atomic E-state index is 12.1. The number of carboxylic acids is 1. The number of nitrogens with one attached hydrogen (secondary N) is 2. The van der Waals surface area contributed by atoms with Gasteiger partial charge in [0.05, 0.1) is 11.3 Å². The number of aromatic carboxylic acids is 1. The van der Waals surface area contributed by atoms with Gasteiger partial charge >= 0.3 is 12.0 Å². The first-order chi connectivity index (χ1) is 9.47. The standard InChI is InChI=1S/C15H20N2O3/c1-3-15(8-5-9-15)17-14(20)16-11-7-4-6-10(2)12(11)13(18)19/h4,6-7H,3,5,8-9H2,1-2H3,(H,18,19)(H2,16,17,20). The summed E-state index contributed by atoms with van der Waals surface area (Å²) in [5, 5.41) is 14.9. The predicted molar refractivity (Wildman–Crippen MR) is 77.2 cm³/mol. The summed E-state index contributed by atoms with van der Waals surface area (Å²) in [7, 11) is 0. The molecule has 5 heteroatoms. The zero-order valence-corrected chi connectivity index (χ0v) is 11.8. The number of carboxylic acid groups (broad SMARTS) is 1. The van der Waals surface area contributed by atoms with Crippen LogP contribution in [0.15, 0.2) is 18.2 Å². The molecule has 0 unspecified atom stereocenters. The zero-order valence-electron chi connectivity index (χ0n) is 11.8. The fourth-order valence-corrected chi connectivity index (χ4v) is 2.62. The highest BCUT2D eigenvalue weighted by atomic mass is 16.4. The van der Waals surface area contributed by atoms with Crippen molar-refractivity contribution in [1.82, 2.24) is 5.32 Å². The summed E-state index contributed by atoms with van der Waals surface area (Å²) in [5.41, 5.74) is 0.989. The molecular formula is C15H20N2O3. The largest absolute Gasteiger partial charge is 0.478 e. The van der Waals surface area contributed by atoms with Crippen LogP contribution >= 0.6 is 0 Å². The Bertz CT molecular complexity index is 530. The lowest BCUT2D eigenvalue weighted by atomic mass is 9.75. The van der Waals surface area contributed by atoms with Gasteiger partial charge in [-0.2, -0.15) is 0 Å². The van der Waals surface area contributed by atoms with E-state index in [1.807, 2.05) is 0 Å². The third-order valence-electron chi connectivity index (χ3n) is 4.10. The predicted octanol–water partition coefficient (Wildman–Crippen LogP) is 3.15. The van der Waals surface area contributed by atoms with E-state index in [0.29, 0.717) is 11.3 Å². The van der Waals surface area contributed by atoms with Gasteiger partial charge in [0.15, 0.2) is 0 Å². The average molecular weight is 276 g/mol. The summed E-state index contributed by atoms with van der Waals surface area (Å²) in [5.74, 6) is -1.03. The molecule has 20 heavy (non-hydrogen) atoms. The first-order valence-corrected chi connectivity index (χ1v) is 6.89. The summed E-state index contributed by atoms with van der Waals surface area (Å²) in [6, 6.07) is 4.72. The van der Waals surface area contributed by atoms with E-state index in [1.54, 1.807) is 25.1 Å². The van der Waals surface area contributed by atoms with Gasteiger partial charge in [-0.3, -0.25) is 0 Å². The summed E-state index contributed by atoms with van der Waals surface area (Å²) >= 11 is 0. The van der Waals surface area contributed by atoms with Crippen LogP contribution in [0.3, 0.4) is 0 Å². The maximum Gasteiger partial charge on any atom is 0.338 e. The molecule has 0 atom stereocenters. The molecule has 3 N–H and O–H groups in total. The highest BCUT2D eigenvalue weighted by molar-refractivity contribution is 6.01. The lowest BCUT2D eigenvalue weighted by Gasteiger charge is -2.41. The lowest BCUT2D eigenvalue weighted by Crippen LogP contribution is -2.54. The summed E-state index contributed by atoms with van der Waals surface area (Å²) < 4.78 is 0.